The lowest BCUT2D eigenvalue weighted by Crippen LogP contribution is -2.38. The van der Waals surface area contributed by atoms with Gasteiger partial charge in [0.15, 0.2) is 0 Å². The summed E-state index contributed by atoms with van der Waals surface area (Å²) in [4.78, 5) is 14.5. The van der Waals surface area contributed by atoms with Crippen LogP contribution in [0.4, 0.5) is 0 Å². The zero-order valence-corrected chi connectivity index (χ0v) is 12.9. The molecule has 0 bridgehead atoms. The summed E-state index contributed by atoms with van der Waals surface area (Å²) in [7, 11) is 1.66. The minimum atomic E-state index is 0.150. The number of hydrogen-bond donors (Lipinski definition) is 0. The van der Waals surface area contributed by atoms with E-state index in [9.17, 15) is 4.79 Å². The van der Waals surface area contributed by atoms with Crippen LogP contribution >= 0.6 is 0 Å². The first kappa shape index (κ1) is 14.6. The van der Waals surface area contributed by atoms with Crippen molar-refractivity contribution in [3.05, 3.63) is 65.2 Å². The maximum atomic E-state index is 12.5. The minimum Gasteiger partial charge on any atom is -0.497 e. The Morgan fingerprint density at radius 3 is 2.73 bits per heavy atom. The van der Waals surface area contributed by atoms with E-state index in [1.165, 1.54) is 5.56 Å². The summed E-state index contributed by atoms with van der Waals surface area (Å²) in [5, 5.41) is 0. The quantitative estimate of drug-likeness (QED) is 0.847. The predicted octanol–water partition coefficient (Wildman–Crippen LogP) is 3.33. The van der Waals surface area contributed by atoms with Crippen molar-refractivity contribution in [2.75, 3.05) is 20.2 Å². The molecule has 22 heavy (non-hydrogen) atoms. The van der Waals surface area contributed by atoms with Gasteiger partial charge in [0, 0.05) is 18.7 Å². The Kier molecular flexibility index (Phi) is 4.42. The molecule has 3 rings (SSSR count). The SMILES string of the molecule is COc1ccc2c(c1)CCN(CCCc1ccccc1)C2=O. The number of fused-ring (bicyclic) bond motifs is 1. The molecule has 0 unspecified atom stereocenters. The number of carbonyl (C=O) groups is 1. The Hall–Kier alpha value is -2.29. The first-order chi connectivity index (χ1) is 10.8. The normalized spacial score (nSPS) is 13.9. The molecule has 114 valence electrons. The van der Waals surface area contributed by atoms with Crippen LogP contribution < -0.4 is 4.74 Å². The Morgan fingerprint density at radius 1 is 1.14 bits per heavy atom. The summed E-state index contributed by atoms with van der Waals surface area (Å²) in [6.07, 6.45) is 2.92. The molecular weight excluding hydrogens is 274 g/mol. The number of amides is 1. The van der Waals surface area contributed by atoms with Gasteiger partial charge in [-0.25, -0.2) is 0 Å². The molecule has 1 amide bonds. The maximum Gasteiger partial charge on any atom is 0.254 e. The van der Waals surface area contributed by atoms with Crippen LogP contribution in [0.1, 0.15) is 27.9 Å². The summed E-state index contributed by atoms with van der Waals surface area (Å²) < 4.78 is 5.23. The van der Waals surface area contributed by atoms with E-state index in [0.29, 0.717) is 0 Å². The fourth-order valence-corrected chi connectivity index (χ4v) is 2.97. The van der Waals surface area contributed by atoms with Gasteiger partial charge in [0.1, 0.15) is 5.75 Å². The summed E-state index contributed by atoms with van der Waals surface area (Å²) in [5.74, 6) is 0.973. The first-order valence-electron chi connectivity index (χ1n) is 7.78. The number of methoxy groups -OCH3 is 1. The van der Waals surface area contributed by atoms with Crippen LogP contribution in [0.2, 0.25) is 0 Å². The smallest absolute Gasteiger partial charge is 0.254 e. The number of hydrogen-bond acceptors (Lipinski definition) is 2. The number of nitrogens with zero attached hydrogens (tertiary/aromatic N) is 1. The molecule has 1 aliphatic heterocycles. The van der Waals surface area contributed by atoms with Gasteiger partial charge >= 0.3 is 0 Å². The summed E-state index contributed by atoms with van der Waals surface area (Å²) in [6, 6.07) is 16.2. The third-order valence-electron chi connectivity index (χ3n) is 4.22. The van der Waals surface area contributed by atoms with Gasteiger partial charge in [0.05, 0.1) is 7.11 Å². The van der Waals surface area contributed by atoms with Crippen molar-refractivity contribution in [2.24, 2.45) is 0 Å². The number of aryl methyl sites for hydroxylation is 1. The Morgan fingerprint density at radius 2 is 1.95 bits per heavy atom. The Labute approximate surface area is 131 Å². The summed E-state index contributed by atoms with van der Waals surface area (Å²) in [5.41, 5.74) is 3.26. The van der Waals surface area contributed by atoms with E-state index >= 15 is 0 Å². The third kappa shape index (κ3) is 3.14. The molecule has 0 aromatic heterocycles. The van der Waals surface area contributed by atoms with Crippen LogP contribution in [0, 0.1) is 0 Å². The lowest BCUT2D eigenvalue weighted by Gasteiger charge is -2.28. The second-order valence-corrected chi connectivity index (χ2v) is 5.65. The molecule has 0 saturated carbocycles. The van der Waals surface area contributed by atoms with Gasteiger partial charge in [0.25, 0.3) is 5.91 Å². The standard InChI is InChI=1S/C19H21NO2/c1-22-17-9-10-18-16(14-17)11-13-20(19(18)21)12-5-8-15-6-3-2-4-7-15/h2-4,6-7,9-10,14H,5,8,11-13H2,1H3. The highest BCUT2D eigenvalue weighted by atomic mass is 16.5. The van der Waals surface area contributed by atoms with Crippen LogP contribution in [0.5, 0.6) is 5.75 Å². The van der Waals surface area contributed by atoms with Crippen LogP contribution in [-0.4, -0.2) is 31.0 Å². The summed E-state index contributed by atoms with van der Waals surface area (Å²) >= 11 is 0. The number of carbonyl (C=O) groups excluding carboxylic acids is 1. The Balaban J connectivity index is 1.61. The van der Waals surface area contributed by atoms with E-state index in [1.54, 1.807) is 7.11 Å². The second-order valence-electron chi connectivity index (χ2n) is 5.65. The number of ether oxygens (including phenoxy) is 1. The zero-order chi connectivity index (χ0) is 15.4. The largest absolute Gasteiger partial charge is 0.497 e. The third-order valence-corrected chi connectivity index (χ3v) is 4.22. The molecule has 0 N–H and O–H groups in total. The molecule has 1 heterocycles. The fourth-order valence-electron chi connectivity index (χ4n) is 2.97. The molecule has 0 aliphatic carbocycles. The second kappa shape index (κ2) is 6.65. The van der Waals surface area contributed by atoms with Crippen molar-refractivity contribution < 1.29 is 9.53 Å². The zero-order valence-electron chi connectivity index (χ0n) is 12.9. The van der Waals surface area contributed by atoms with Gasteiger partial charge in [-0.2, -0.15) is 0 Å². The molecule has 0 saturated heterocycles. The molecule has 3 heteroatoms. The molecule has 3 nitrogen and oxygen atoms in total. The van der Waals surface area contributed by atoms with E-state index in [-0.39, 0.29) is 5.91 Å². The van der Waals surface area contributed by atoms with Crippen LogP contribution in [0.3, 0.4) is 0 Å². The van der Waals surface area contributed by atoms with Crippen molar-refractivity contribution in [2.45, 2.75) is 19.3 Å². The monoisotopic (exact) mass is 295 g/mol. The highest BCUT2D eigenvalue weighted by Gasteiger charge is 2.24. The van der Waals surface area contributed by atoms with Crippen molar-refractivity contribution in [3.8, 4) is 5.75 Å². The van der Waals surface area contributed by atoms with Crippen LogP contribution in [-0.2, 0) is 12.8 Å². The predicted molar refractivity (Wildman–Crippen MR) is 87.4 cm³/mol. The van der Waals surface area contributed by atoms with E-state index in [0.717, 1.165) is 49.2 Å². The van der Waals surface area contributed by atoms with E-state index in [4.69, 9.17) is 4.74 Å². The van der Waals surface area contributed by atoms with E-state index < -0.39 is 0 Å². The lowest BCUT2D eigenvalue weighted by molar-refractivity contribution is 0.0738. The average molecular weight is 295 g/mol. The molecule has 0 spiro atoms. The van der Waals surface area contributed by atoms with Crippen LogP contribution in [0.25, 0.3) is 0 Å². The molecule has 0 atom stereocenters. The topological polar surface area (TPSA) is 29.5 Å². The van der Waals surface area contributed by atoms with Crippen LogP contribution in [0.15, 0.2) is 48.5 Å². The highest BCUT2D eigenvalue weighted by molar-refractivity contribution is 5.96. The van der Waals surface area contributed by atoms with E-state index in [2.05, 4.69) is 24.3 Å². The lowest BCUT2D eigenvalue weighted by atomic mass is 9.98. The highest BCUT2D eigenvalue weighted by Crippen LogP contribution is 2.24. The first-order valence-corrected chi connectivity index (χ1v) is 7.78. The summed E-state index contributed by atoms with van der Waals surface area (Å²) in [6.45, 7) is 1.62. The van der Waals surface area contributed by atoms with Gasteiger partial charge in [-0.3, -0.25) is 4.79 Å². The molecule has 2 aromatic rings. The van der Waals surface area contributed by atoms with Gasteiger partial charge in [-0.1, -0.05) is 30.3 Å². The van der Waals surface area contributed by atoms with Gasteiger partial charge < -0.3 is 9.64 Å². The minimum absolute atomic E-state index is 0.150. The van der Waals surface area contributed by atoms with Gasteiger partial charge in [0.2, 0.25) is 0 Å². The fraction of sp³-hybridized carbons (Fsp3) is 0.316. The number of benzene rings is 2. The molecule has 0 fully saturated rings. The van der Waals surface area contributed by atoms with Gasteiger partial charge in [-0.15, -0.1) is 0 Å². The van der Waals surface area contributed by atoms with Crippen molar-refractivity contribution in [1.29, 1.82) is 0 Å². The molecular formula is C19H21NO2. The van der Waals surface area contributed by atoms with Gasteiger partial charge in [-0.05, 0) is 48.6 Å². The average Bonchev–Trinajstić information content (AvgIpc) is 2.57. The molecule has 0 radical (unpaired) electrons. The van der Waals surface area contributed by atoms with Crippen molar-refractivity contribution in [1.82, 2.24) is 4.90 Å². The van der Waals surface area contributed by atoms with Crippen molar-refractivity contribution in [3.63, 3.8) is 0 Å². The van der Waals surface area contributed by atoms with E-state index in [1.807, 2.05) is 29.2 Å². The molecule has 1 aliphatic rings. The molecule has 2 aromatic carbocycles. The number of rotatable bonds is 5. The maximum absolute atomic E-state index is 12.5. The van der Waals surface area contributed by atoms with Crippen molar-refractivity contribution >= 4 is 5.91 Å². The Bertz CT molecular complexity index is 652.